The van der Waals surface area contributed by atoms with Gasteiger partial charge in [0.1, 0.15) is 18.3 Å². The summed E-state index contributed by atoms with van der Waals surface area (Å²) in [5.41, 5.74) is 0. The van der Waals surface area contributed by atoms with E-state index in [1.807, 2.05) is 0 Å². The highest BCUT2D eigenvalue weighted by molar-refractivity contribution is 4.92. The van der Waals surface area contributed by atoms with Crippen LogP contribution in [-0.4, -0.2) is 67.6 Å². The van der Waals surface area contributed by atoms with Gasteiger partial charge in [0.2, 0.25) is 12.1 Å². The van der Waals surface area contributed by atoms with Crippen molar-refractivity contribution < 1.29 is 35.4 Å². The predicted octanol–water partition coefficient (Wildman–Crippen LogP) is -3.90. The number of rotatable bonds is 1. The van der Waals surface area contributed by atoms with Crippen LogP contribution in [-0.2, 0) is 4.74 Å². The Morgan fingerprint density at radius 2 is 1.77 bits per heavy atom. The van der Waals surface area contributed by atoms with E-state index < -0.39 is 37.0 Å². The SMILES string of the molecule is OC(O)[C@]1(O)OC[C@@H](O)[C@H](O)[C@@H]1O. The van der Waals surface area contributed by atoms with E-state index in [4.69, 9.17) is 25.5 Å². The first kappa shape index (κ1) is 10.8. The molecule has 0 aromatic heterocycles. The van der Waals surface area contributed by atoms with Crippen molar-refractivity contribution in [2.75, 3.05) is 6.61 Å². The summed E-state index contributed by atoms with van der Waals surface area (Å²) in [6.45, 7) is -0.494. The summed E-state index contributed by atoms with van der Waals surface area (Å²) in [7, 11) is 0. The van der Waals surface area contributed by atoms with Crippen LogP contribution in [0.4, 0.5) is 0 Å². The molecule has 1 saturated heterocycles. The molecule has 13 heavy (non-hydrogen) atoms. The van der Waals surface area contributed by atoms with Crippen molar-refractivity contribution in [3.8, 4) is 0 Å². The lowest BCUT2D eigenvalue weighted by molar-refractivity contribution is -0.384. The molecule has 6 N–H and O–H groups in total. The normalized spacial score (nSPS) is 46.8. The van der Waals surface area contributed by atoms with Crippen LogP contribution >= 0.6 is 0 Å². The van der Waals surface area contributed by atoms with Gasteiger partial charge in [-0.3, -0.25) is 0 Å². The molecule has 1 aliphatic rings. The topological polar surface area (TPSA) is 131 Å². The molecule has 0 spiro atoms. The van der Waals surface area contributed by atoms with Crippen molar-refractivity contribution in [1.82, 2.24) is 0 Å². The van der Waals surface area contributed by atoms with E-state index >= 15 is 0 Å². The molecule has 0 saturated carbocycles. The zero-order valence-electron chi connectivity index (χ0n) is 6.61. The number of ether oxygens (including phenoxy) is 1. The molecule has 0 bridgehead atoms. The molecular formula is C6H12O7. The van der Waals surface area contributed by atoms with Gasteiger partial charge in [0.15, 0.2) is 0 Å². The van der Waals surface area contributed by atoms with Crippen molar-refractivity contribution in [3.63, 3.8) is 0 Å². The zero-order chi connectivity index (χ0) is 10.2. The van der Waals surface area contributed by atoms with Crippen LogP contribution in [0.1, 0.15) is 0 Å². The second-order valence-corrected chi connectivity index (χ2v) is 2.94. The van der Waals surface area contributed by atoms with E-state index in [1.54, 1.807) is 0 Å². The molecule has 7 heteroatoms. The van der Waals surface area contributed by atoms with E-state index in [2.05, 4.69) is 4.74 Å². The van der Waals surface area contributed by atoms with E-state index in [0.717, 1.165) is 0 Å². The lowest BCUT2D eigenvalue weighted by atomic mass is 9.96. The van der Waals surface area contributed by atoms with Crippen LogP contribution in [0.3, 0.4) is 0 Å². The lowest BCUT2D eigenvalue weighted by Gasteiger charge is -2.42. The van der Waals surface area contributed by atoms with E-state index in [0.29, 0.717) is 0 Å². The van der Waals surface area contributed by atoms with Gasteiger partial charge in [-0.2, -0.15) is 0 Å². The van der Waals surface area contributed by atoms with E-state index in [1.165, 1.54) is 0 Å². The smallest absolute Gasteiger partial charge is 0.247 e. The molecule has 0 radical (unpaired) electrons. The van der Waals surface area contributed by atoms with Gasteiger partial charge in [-0.1, -0.05) is 0 Å². The molecule has 1 aliphatic heterocycles. The second kappa shape index (κ2) is 3.46. The molecule has 0 amide bonds. The van der Waals surface area contributed by atoms with Crippen molar-refractivity contribution in [1.29, 1.82) is 0 Å². The number of aliphatic hydroxyl groups is 6. The Balaban J connectivity index is 2.79. The summed E-state index contributed by atoms with van der Waals surface area (Å²) < 4.78 is 4.42. The predicted molar refractivity (Wildman–Crippen MR) is 37.1 cm³/mol. The fraction of sp³-hybridized carbons (Fsp3) is 1.00. The van der Waals surface area contributed by atoms with Crippen molar-refractivity contribution in [2.45, 2.75) is 30.4 Å². The molecule has 4 atom stereocenters. The van der Waals surface area contributed by atoms with Crippen LogP contribution in [0.25, 0.3) is 0 Å². The molecule has 78 valence electrons. The van der Waals surface area contributed by atoms with Gasteiger partial charge in [-0.25, -0.2) is 0 Å². The molecule has 7 nitrogen and oxygen atoms in total. The highest BCUT2D eigenvalue weighted by Crippen LogP contribution is 2.25. The Morgan fingerprint density at radius 1 is 1.23 bits per heavy atom. The fourth-order valence-corrected chi connectivity index (χ4v) is 1.09. The third kappa shape index (κ3) is 1.67. The molecule has 1 fully saturated rings. The number of aliphatic hydroxyl groups excluding tert-OH is 4. The van der Waals surface area contributed by atoms with Gasteiger partial charge in [0.25, 0.3) is 0 Å². The maximum atomic E-state index is 9.26. The molecule has 0 aliphatic carbocycles. The Kier molecular flexibility index (Phi) is 2.88. The maximum absolute atomic E-state index is 9.26. The Bertz CT molecular complexity index is 184. The molecule has 1 heterocycles. The summed E-state index contributed by atoms with van der Waals surface area (Å²) >= 11 is 0. The summed E-state index contributed by atoms with van der Waals surface area (Å²) in [5.74, 6) is -2.65. The molecule has 0 unspecified atom stereocenters. The number of hydrogen-bond acceptors (Lipinski definition) is 7. The standard InChI is InChI=1S/C6H12O7/c7-2-1-13-6(12,5(10)11)4(9)3(2)8/h2-5,7-12H,1H2/t2-,3+,4+,6-/m1/s1. The number of hydrogen-bond donors (Lipinski definition) is 6. The van der Waals surface area contributed by atoms with Crippen molar-refractivity contribution in [3.05, 3.63) is 0 Å². The van der Waals surface area contributed by atoms with Crippen LogP contribution in [0.5, 0.6) is 0 Å². The zero-order valence-corrected chi connectivity index (χ0v) is 6.61. The fourth-order valence-electron chi connectivity index (χ4n) is 1.09. The maximum Gasteiger partial charge on any atom is 0.247 e. The molecule has 0 aromatic rings. The quantitative estimate of drug-likeness (QED) is 0.236. The van der Waals surface area contributed by atoms with E-state index in [9.17, 15) is 5.11 Å². The summed E-state index contributed by atoms with van der Waals surface area (Å²) in [6.07, 6.45) is -7.38. The minimum Gasteiger partial charge on any atom is -0.388 e. The third-order valence-electron chi connectivity index (χ3n) is 2.00. The van der Waals surface area contributed by atoms with Crippen molar-refractivity contribution >= 4 is 0 Å². The highest BCUT2D eigenvalue weighted by atomic mass is 16.7. The van der Waals surface area contributed by atoms with Gasteiger partial charge >= 0.3 is 0 Å². The molecular weight excluding hydrogens is 184 g/mol. The van der Waals surface area contributed by atoms with Crippen LogP contribution in [0.2, 0.25) is 0 Å². The first-order valence-electron chi connectivity index (χ1n) is 3.66. The Morgan fingerprint density at radius 3 is 2.23 bits per heavy atom. The summed E-state index contributed by atoms with van der Waals surface area (Å²) in [5, 5.41) is 53.7. The largest absolute Gasteiger partial charge is 0.388 e. The summed E-state index contributed by atoms with van der Waals surface area (Å²) in [4.78, 5) is 0. The monoisotopic (exact) mass is 196 g/mol. The average molecular weight is 196 g/mol. The minimum absolute atomic E-state index is 0.494. The van der Waals surface area contributed by atoms with E-state index in [-0.39, 0.29) is 0 Å². The van der Waals surface area contributed by atoms with Crippen molar-refractivity contribution in [2.24, 2.45) is 0 Å². The van der Waals surface area contributed by atoms with Crippen LogP contribution in [0.15, 0.2) is 0 Å². The highest BCUT2D eigenvalue weighted by Gasteiger charge is 2.52. The second-order valence-electron chi connectivity index (χ2n) is 2.94. The molecule has 0 aromatic carbocycles. The lowest BCUT2D eigenvalue weighted by Crippen LogP contribution is -2.65. The van der Waals surface area contributed by atoms with Gasteiger partial charge in [0, 0.05) is 0 Å². The Labute approximate surface area is 73.4 Å². The Hall–Kier alpha value is -0.280. The first-order chi connectivity index (χ1) is 5.89. The summed E-state index contributed by atoms with van der Waals surface area (Å²) in [6, 6.07) is 0. The minimum atomic E-state index is -2.65. The average Bonchev–Trinajstić information content (AvgIpc) is 2.08. The van der Waals surface area contributed by atoms with Gasteiger partial charge in [0.05, 0.1) is 6.61 Å². The van der Waals surface area contributed by atoms with Crippen LogP contribution in [0, 0.1) is 0 Å². The van der Waals surface area contributed by atoms with Gasteiger partial charge in [-0.15, -0.1) is 0 Å². The third-order valence-corrected chi connectivity index (χ3v) is 2.00. The first-order valence-corrected chi connectivity index (χ1v) is 3.66. The van der Waals surface area contributed by atoms with Crippen LogP contribution < -0.4 is 0 Å². The van der Waals surface area contributed by atoms with Gasteiger partial charge in [-0.05, 0) is 0 Å². The van der Waals surface area contributed by atoms with Gasteiger partial charge < -0.3 is 35.4 Å². The molecule has 1 rings (SSSR count).